The highest BCUT2D eigenvalue weighted by atomic mass is 79.9. The van der Waals surface area contributed by atoms with Crippen molar-refractivity contribution < 1.29 is 4.92 Å². The van der Waals surface area contributed by atoms with Crippen molar-refractivity contribution in [2.24, 2.45) is 0 Å². The lowest BCUT2D eigenvalue weighted by Gasteiger charge is -2.09. The maximum atomic E-state index is 11.5. The van der Waals surface area contributed by atoms with Crippen LogP contribution in [0.25, 0.3) is 0 Å². The summed E-state index contributed by atoms with van der Waals surface area (Å²) in [5, 5.41) is 17.3. The smallest absolute Gasteiger partial charge is 0.334 e. The first-order valence-corrected chi connectivity index (χ1v) is 7.63. The van der Waals surface area contributed by atoms with E-state index < -0.39 is 4.92 Å². The molecular weight excluding hydrogens is 376 g/mol. The number of hydrogen-bond acceptors (Lipinski definition) is 7. The summed E-state index contributed by atoms with van der Waals surface area (Å²) in [7, 11) is 0. The van der Waals surface area contributed by atoms with Crippen molar-refractivity contribution in [2.45, 2.75) is 0 Å². The zero-order chi connectivity index (χ0) is 16.9. The van der Waals surface area contributed by atoms with Gasteiger partial charge in [0.15, 0.2) is 0 Å². The number of benzene rings is 1. The van der Waals surface area contributed by atoms with Gasteiger partial charge in [-0.2, -0.15) is 0 Å². The third-order valence-electron chi connectivity index (χ3n) is 3.02. The quantitative estimate of drug-likeness (QED) is 0.503. The molecule has 3 aromatic rings. The molecule has 0 bridgehead atoms. The lowest BCUT2D eigenvalue weighted by molar-refractivity contribution is -0.383. The molecule has 2 aromatic heterocycles. The number of halogens is 1. The molecule has 8 nitrogen and oxygen atoms in total. The lowest BCUT2D eigenvalue weighted by Crippen LogP contribution is -2.06. The fraction of sp³-hybridized carbons (Fsp3) is 0. The third-order valence-corrected chi connectivity index (χ3v) is 3.55. The summed E-state index contributed by atoms with van der Waals surface area (Å²) in [4.78, 5) is 23.0. The second-order valence-corrected chi connectivity index (χ2v) is 5.56. The number of rotatable bonds is 5. The van der Waals surface area contributed by atoms with Crippen LogP contribution in [-0.4, -0.2) is 19.9 Å². The molecule has 0 aliphatic carbocycles. The van der Waals surface area contributed by atoms with Crippen molar-refractivity contribution in [1.82, 2.24) is 15.0 Å². The van der Waals surface area contributed by atoms with Gasteiger partial charge in [-0.3, -0.25) is 10.1 Å². The van der Waals surface area contributed by atoms with Gasteiger partial charge in [0.1, 0.15) is 12.1 Å². The minimum Gasteiger partial charge on any atom is -0.334 e. The molecule has 9 heteroatoms. The van der Waals surface area contributed by atoms with E-state index in [1.165, 1.54) is 6.33 Å². The number of nitrogens with zero attached hydrogens (tertiary/aromatic N) is 4. The predicted molar refractivity (Wildman–Crippen MR) is 93.6 cm³/mol. The number of aromatic nitrogens is 3. The zero-order valence-electron chi connectivity index (χ0n) is 12.2. The van der Waals surface area contributed by atoms with Crippen LogP contribution < -0.4 is 10.6 Å². The zero-order valence-corrected chi connectivity index (χ0v) is 13.8. The molecule has 120 valence electrons. The molecule has 0 aliphatic rings. The van der Waals surface area contributed by atoms with Crippen LogP contribution in [0.3, 0.4) is 0 Å². The van der Waals surface area contributed by atoms with Crippen molar-refractivity contribution in [1.29, 1.82) is 0 Å². The summed E-state index contributed by atoms with van der Waals surface area (Å²) in [6.07, 6.45) is 2.83. The summed E-state index contributed by atoms with van der Waals surface area (Å²) in [5.41, 5.74) is 0.412. The van der Waals surface area contributed by atoms with Crippen LogP contribution in [0.4, 0.5) is 28.8 Å². The first kappa shape index (κ1) is 15.8. The van der Waals surface area contributed by atoms with E-state index in [4.69, 9.17) is 0 Å². The molecule has 2 N–H and O–H groups in total. The molecule has 0 saturated heterocycles. The summed E-state index contributed by atoms with van der Waals surface area (Å²) in [6, 6.07) is 12.4. The SMILES string of the molecule is O=[N+]([O-])c1c(Nc2ccc(Br)cc2)ncnc1Nc1ccccn1. The van der Waals surface area contributed by atoms with E-state index >= 15 is 0 Å². The minimum atomic E-state index is -0.535. The van der Waals surface area contributed by atoms with Gasteiger partial charge in [0.25, 0.3) is 0 Å². The molecule has 1 aromatic carbocycles. The Balaban J connectivity index is 1.96. The first-order chi connectivity index (χ1) is 11.6. The van der Waals surface area contributed by atoms with E-state index in [-0.39, 0.29) is 17.3 Å². The lowest BCUT2D eigenvalue weighted by atomic mass is 10.3. The van der Waals surface area contributed by atoms with E-state index in [9.17, 15) is 10.1 Å². The molecule has 0 spiro atoms. The predicted octanol–water partition coefficient (Wildman–Crippen LogP) is 4.03. The Morgan fingerprint density at radius 1 is 0.958 bits per heavy atom. The Bertz CT molecular complexity index is 858. The number of anilines is 4. The Labute approximate surface area is 145 Å². The van der Waals surface area contributed by atoms with E-state index in [0.717, 1.165) is 4.47 Å². The topological polar surface area (TPSA) is 106 Å². The summed E-state index contributed by atoms with van der Waals surface area (Å²) in [5.74, 6) is 0.609. The van der Waals surface area contributed by atoms with Crippen LogP contribution in [0.1, 0.15) is 0 Å². The summed E-state index contributed by atoms with van der Waals surface area (Å²) in [6.45, 7) is 0. The van der Waals surface area contributed by atoms with Gasteiger partial charge < -0.3 is 10.6 Å². The highest BCUT2D eigenvalue weighted by Crippen LogP contribution is 2.32. The summed E-state index contributed by atoms with van der Waals surface area (Å²) < 4.78 is 0.905. The highest BCUT2D eigenvalue weighted by Gasteiger charge is 2.23. The van der Waals surface area contributed by atoms with Gasteiger partial charge in [0, 0.05) is 16.4 Å². The Morgan fingerprint density at radius 3 is 2.29 bits per heavy atom. The Morgan fingerprint density at radius 2 is 1.67 bits per heavy atom. The average molecular weight is 387 g/mol. The van der Waals surface area contributed by atoms with Gasteiger partial charge in [-0.05, 0) is 36.4 Å². The van der Waals surface area contributed by atoms with Crippen molar-refractivity contribution in [2.75, 3.05) is 10.6 Å². The van der Waals surface area contributed by atoms with E-state index in [0.29, 0.717) is 11.5 Å². The summed E-state index contributed by atoms with van der Waals surface area (Å²) >= 11 is 3.34. The maximum Gasteiger partial charge on any atom is 0.353 e. The van der Waals surface area contributed by atoms with Gasteiger partial charge in [-0.1, -0.05) is 22.0 Å². The van der Waals surface area contributed by atoms with Crippen LogP contribution in [0, 0.1) is 10.1 Å². The molecule has 3 rings (SSSR count). The molecule has 0 atom stereocenters. The van der Waals surface area contributed by atoms with Crippen LogP contribution in [-0.2, 0) is 0 Å². The van der Waals surface area contributed by atoms with Gasteiger partial charge in [0.05, 0.1) is 4.92 Å². The Hall–Kier alpha value is -3.07. The number of pyridine rings is 1. The normalized spacial score (nSPS) is 10.2. The van der Waals surface area contributed by atoms with Crippen molar-refractivity contribution in [3.05, 3.63) is 69.6 Å². The first-order valence-electron chi connectivity index (χ1n) is 6.83. The van der Waals surface area contributed by atoms with E-state index in [1.54, 1.807) is 36.5 Å². The molecule has 0 aliphatic heterocycles. The fourth-order valence-electron chi connectivity index (χ4n) is 1.96. The molecule has 24 heavy (non-hydrogen) atoms. The van der Waals surface area contributed by atoms with Crippen molar-refractivity contribution in [3.63, 3.8) is 0 Å². The molecule has 0 fully saturated rings. The largest absolute Gasteiger partial charge is 0.353 e. The molecule has 0 radical (unpaired) electrons. The van der Waals surface area contributed by atoms with Crippen LogP contribution >= 0.6 is 15.9 Å². The van der Waals surface area contributed by atoms with Crippen molar-refractivity contribution in [3.8, 4) is 0 Å². The second kappa shape index (κ2) is 7.01. The third kappa shape index (κ3) is 3.63. The van der Waals surface area contributed by atoms with Gasteiger partial charge in [0.2, 0.25) is 11.6 Å². The standard InChI is InChI=1S/C15H11BrN6O2/c16-10-4-6-11(7-5-10)20-14-13(22(23)24)15(19-9-18-14)21-12-3-1-2-8-17-12/h1-9H,(H2,17,18,19,20,21). The monoisotopic (exact) mass is 386 g/mol. The molecule has 0 saturated carbocycles. The van der Waals surface area contributed by atoms with Crippen LogP contribution in [0.2, 0.25) is 0 Å². The molecule has 0 amide bonds. The number of hydrogen-bond donors (Lipinski definition) is 2. The van der Waals surface area contributed by atoms with Gasteiger partial charge >= 0.3 is 5.69 Å². The molecule has 0 unspecified atom stereocenters. The number of nitrogens with one attached hydrogen (secondary N) is 2. The minimum absolute atomic E-state index is 0.0633. The van der Waals surface area contributed by atoms with Crippen molar-refractivity contribution >= 4 is 44.8 Å². The van der Waals surface area contributed by atoms with Gasteiger partial charge in [-0.25, -0.2) is 15.0 Å². The fourth-order valence-corrected chi connectivity index (χ4v) is 2.23. The highest BCUT2D eigenvalue weighted by molar-refractivity contribution is 9.10. The molecular formula is C15H11BrN6O2. The Kier molecular flexibility index (Phi) is 4.62. The van der Waals surface area contributed by atoms with Gasteiger partial charge in [-0.15, -0.1) is 0 Å². The van der Waals surface area contributed by atoms with Crippen LogP contribution in [0.5, 0.6) is 0 Å². The van der Waals surface area contributed by atoms with Crippen LogP contribution in [0.15, 0.2) is 59.5 Å². The maximum absolute atomic E-state index is 11.5. The number of nitro groups is 1. The van der Waals surface area contributed by atoms with E-state index in [2.05, 4.69) is 41.5 Å². The average Bonchev–Trinajstić information content (AvgIpc) is 2.58. The second-order valence-electron chi connectivity index (χ2n) is 4.65. The van der Waals surface area contributed by atoms with E-state index in [1.807, 2.05) is 12.1 Å². The molecule has 2 heterocycles.